The lowest BCUT2D eigenvalue weighted by Crippen LogP contribution is -2.27. The first-order chi connectivity index (χ1) is 9.77. The Balaban J connectivity index is 3.06. The molecule has 0 aliphatic carbocycles. The molecular weight excluding hydrogens is 351 g/mol. The second kappa shape index (κ2) is 8.60. The van der Waals surface area contributed by atoms with Gasteiger partial charge in [0.05, 0.1) is 5.02 Å². The molecule has 0 amide bonds. The van der Waals surface area contributed by atoms with Crippen LogP contribution in [-0.2, 0) is 16.6 Å². The number of hydrogen-bond acceptors (Lipinski definition) is 4. The van der Waals surface area contributed by atoms with Crippen LogP contribution in [0.25, 0.3) is 0 Å². The Morgan fingerprint density at radius 1 is 1.29 bits per heavy atom. The topological polar surface area (TPSA) is 58.2 Å². The van der Waals surface area contributed by atoms with E-state index in [-0.39, 0.29) is 16.0 Å². The fraction of sp³-hybridized carbons (Fsp3) is 0.538. The van der Waals surface area contributed by atoms with Crippen molar-refractivity contribution in [1.82, 2.24) is 10.0 Å². The third-order valence-electron chi connectivity index (χ3n) is 2.67. The molecule has 2 N–H and O–H groups in total. The van der Waals surface area contributed by atoms with Crippen LogP contribution in [0, 0.1) is 0 Å². The first kappa shape index (κ1) is 19.1. The molecule has 0 aliphatic rings. The molecule has 0 aromatic heterocycles. The number of thioether (sulfide) groups is 1. The highest BCUT2D eigenvalue weighted by Gasteiger charge is 2.20. The van der Waals surface area contributed by atoms with Crippen LogP contribution in [0.5, 0.6) is 0 Å². The summed E-state index contributed by atoms with van der Waals surface area (Å²) in [5, 5.41) is 3.76. The van der Waals surface area contributed by atoms with Crippen LogP contribution in [0.2, 0.25) is 10.0 Å². The van der Waals surface area contributed by atoms with E-state index in [1.54, 1.807) is 17.8 Å². The molecule has 0 spiro atoms. The summed E-state index contributed by atoms with van der Waals surface area (Å²) in [4.78, 5) is 0.0262. The highest BCUT2D eigenvalue weighted by molar-refractivity contribution is 7.98. The molecule has 0 saturated carbocycles. The molecule has 4 nitrogen and oxygen atoms in total. The van der Waals surface area contributed by atoms with Gasteiger partial charge in [0.25, 0.3) is 0 Å². The zero-order valence-electron chi connectivity index (χ0n) is 12.2. The number of sulfonamides is 1. The molecule has 0 atom stereocenters. The molecule has 21 heavy (non-hydrogen) atoms. The van der Waals surface area contributed by atoms with E-state index < -0.39 is 10.0 Å². The van der Waals surface area contributed by atoms with E-state index in [9.17, 15) is 8.42 Å². The Labute approximate surface area is 141 Å². The molecule has 8 heteroatoms. The molecule has 0 fully saturated rings. The van der Waals surface area contributed by atoms with Crippen LogP contribution in [0.1, 0.15) is 19.4 Å². The lowest BCUT2D eigenvalue weighted by Gasteiger charge is -2.14. The summed E-state index contributed by atoms with van der Waals surface area (Å²) in [5.41, 5.74) is 0.670. The lowest BCUT2D eigenvalue weighted by atomic mass is 10.2. The van der Waals surface area contributed by atoms with E-state index in [1.165, 1.54) is 6.07 Å². The van der Waals surface area contributed by atoms with Crippen molar-refractivity contribution in [3.8, 4) is 0 Å². The third-order valence-corrected chi connectivity index (χ3v) is 5.54. The molecule has 120 valence electrons. The molecule has 0 bridgehead atoms. The van der Waals surface area contributed by atoms with Crippen molar-refractivity contribution in [3.05, 3.63) is 27.7 Å². The summed E-state index contributed by atoms with van der Waals surface area (Å²) >= 11 is 13.8. The number of benzene rings is 1. The van der Waals surface area contributed by atoms with Gasteiger partial charge in [0.15, 0.2) is 0 Å². The van der Waals surface area contributed by atoms with Gasteiger partial charge in [-0.05, 0) is 24.0 Å². The zero-order valence-corrected chi connectivity index (χ0v) is 15.4. The lowest BCUT2D eigenvalue weighted by molar-refractivity contribution is 0.581. The normalized spacial score (nSPS) is 12.1. The Hall–Kier alpha value is 0.0200. The fourth-order valence-electron chi connectivity index (χ4n) is 1.61. The summed E-state index contributed by atoms with van der Waals surface area (Å²) < 4.78 is 27.1. The van der Waals surface area contributed by atoms with Gasteiger partial charge in [-0.25, -0.2) is 13.1 Å². The maximum absolute atomic E-state index is 12.3. The Morgan fingerprint density at radius 2 is 1.95 bits per heavy atom. The minimum atomic E-state index is -3.65. The molecule has 0 radical (unpaired) electrons. The maximum Gasteiger partial charge on any atom is 0.242 e. The van der Waals surface area contributed by atoms with Gasteiger partial charge in [0.2, 0.25) is 10.0 Å². The summed E-state index contributed by atoms with van der Waals surface area (Å²) in [6.45, 7) is 4.82. The predicted molar refractivity (Wildman–Crippen MR) is 92.0 cm³/mol. The van der Waals surface area contributed by atoms with Gasteiger partial charge >= 0.3 is 0 Å². The van der Waals surface area contributed by atoms with Crippen molar-refractivity contribution in [3.63, 3.8) is 0 Å². The molecule has 0 heterocycles. The van der Waals surface area contributed by atoms with Gasteiger partial charge in [0, 0.05) is 29.9 Å². The van der Waals surface area contributed by atoms with E-state index in [4.69, 9.17) is 23.2 Å². The summed E-state index contributed by atoms with van der Waals surface area (Å²) in [5.74, 6) is 0.694. The van der Waals surface area contributed by atoms with Crippen LogP contribution in [0.3, 0.4) is 0 Å². The van der Waals surface area contributed by atoms with Crippen molar-refractivity contribution >= 4 is 45.0 Å². The van der Waals surface area contributed by atoms with Gasteiger partial charge in [-0.15, -0.1) is 0 Å². The van der Waals surface area contributed by atoms with Crippen molar-refractivity contribution in [2.45, 2.75) is 31.3 Å². The first-order valence-electron chi connectivity index (χ1n) is 6.48. The average molecular weight is 371 g/mol. The standard InChI is InChI=1S/C13H20Cl2N2O2S2/c1-9(2)16-8-10-6-11(14)7-12(13(10)15)21(18,19)17-4-5-20-3/h6-7,9,16-17H,4-5,8H2,1-3H3. The van der Waals surface area contributed by atoms with E-state index in [0.29, 0.717) is 29.4 Å². The smallest absolute Gasteiger partial charge is 0.242 e. The Kier molecular flexibility index (Phi) is 7.81. The van der Waals surface area contributed by atoms with Crippen LogP contribution in [-0.4, -0.2) is 33.0 Å². The van der Waals surface area contributed by atoms with Crippen molar-refractivity contribution < 1.29 is 8.42 Å². The third kappa shape index (κ3) is 5.96. The Morgan fingerprint density at radius 3 is 2.52 bits per heavy atom. The second-order valence-corrected chi connectivity index (χ2v) is 8.34. The number of hydrogen-bond donors (Lipinski definition) is 2. The summed E-state index contributed by atoms with van der Waals surface area (Å²) in [7, 11) is -3.65. The molecule has 1 rings (SSSR count). The number of nitrogens with one attached hydrogen (secondary N) is 2. The van der Waals surface area contributed by atoms with Crippen molar-refractivity contribution in [2.24, 2.45) is 0 Å². The van der Waals surface area contributed by atoms with Gasteiger partial charge in [-0.1, -0.05) is 37.0 Å². The molecule has 0 unspecified atom stereocenters. The maximum atomic E-state index is 12.3. The number of halogens is 2. The second-order valence-electron chi connectivity index (χ2n) is 4.80. The predicted octanol–water partition coefficient (Wildman–Crippen LogP) is 3.13. The highest BCUT2D eigenvalue weighted by Crippen LogP contribution is 2.29. The number of rotatable bonds is 8. The quantitative estimate of drug-likeness (QED) is 0.690. The van der Waals surface area contributed by atoms with Crippen LogP contribution >= 0.6 is 35.0 Å². The largest absolute Gasteiger partial charge is 0.310 e. The minimum Gasteiger partial charge on any atom is -0.310 e. The van der Waals surface area contributed by atoms with Gasteiger partial charge in [0.1, 0.15) is 4.90 Å². The summed E-state index contributed by atoms with van der Waals surface area (Å²) in [6, 6.07) is 3.32. The van der Waals surface area contributed by atoms with Gasteiger partial charge in [-0.2, -0.15) is 11.8 Å². The van der Waals surface area contributed by atoms with E-state index in [0.717, 1.165) is 0 Å². The van der Waals surface area contributed by atoms with Gasteiger partial charge in [-0.3, -0.25) is 0 Å². The average Bonchev–Trinajstić information content (AvgIpc) is 2.39. The van der Waals surface area contributed by atoms with Crippen LogP contribution in [0.15, 0.2) is 17.0 Å². The van der Waals surface area contributed by atoms with E-state index >= 15 is 0 Å². The molecule has 0 saturated heterocycles. The first-order valence-corrected chi connectivity index (χ1v) is 10.1. The molecular formula is C13H20Cl2N2O2S2. The van der Waals surface area contributed by atoms with E-state index in [2.05, 4.69) is 10.0 Å². The minimum absolute atomic E-state index is 0.0262. The molecule has 1 aromatic rings. The van der Waals surface area contributed by atoms with Crippen molar-refractivity contribution in [1.29, 1.82) is 0 Å². The van der Waals surface area contributed by atoms with Crippen molar-refractivity contribution in [2.75, 3.05) is 18.6 Å². The van der Waals surface area contributed by atoms with Gasteiger partial charge < -0.3 is 5.32 Å². The summed E-state index contributed by atoms with van der Waals surface area (Å²) in [6.07, 6.45) is 1.91. The zero-order chi connectivity index (χ0) is 16.0. The van der Waals surface area contributed by atoms with Crippen LogP contribution < -0.4 is 10.0 Å². The van der Waals surface area contributed by atoms with Crippen LogP contribution in [0.4, 0.5) is 0 Å². The molecule has 0 aliphatic heterocycles. The Bertz CT molecular complexity index is 578. The monoisotopic (exact) mass is 370 g/mol. The van der Waals surface area contributed by atoms with E-state index in [1.807, 2.05) is 20.1 Å². The molecule has 1 aromatic carbocycles. The highest BCUT2D eigenvalue weighted by atomic mass is 35.5. The SMILES string of the molecule is CSCCNS(=O)(=O)c1cc(Cl)cc(CNC(C)C)c1Cl. The fourth-order valence-corrected chi connectivity index (χ4v) is 4.01.